The first-order valence-corrected chi connectivity index (χ1v) is 5.51. The summed E-state index contributed by atoms with van der Waals surface area (Å²) in [5.74, 6) is 0.546. The number of phenols is 1. The third kappa shape index (κ3) is 3.01. The standard InChI is InChI=1S/C14H14N2O2/c1-18-14-9-11(7-8-13(14)17)10-15-16-12-5-3-2-4-6-12/h2-10,16-17H,1H3/b15-10+. The second kappa shape index (κ2) is 5.72. The molecule has 2 N–H and O–H groups in total. The molecule has 0 aliphatic rings. The minimum atomic E-state index is 0.116. The summed E-state index contributed by atoms with van der Waals surface area (Å²) in [5, 5.41) is 13.6. The Morgan fingerprint density at radius 3 is 2.67 bits per heavy atom. The predicted molar refractivity (Wildman–Crippen MR) is 72.3 cm³/mol. The lowest BCUT2D eigenvalue weighted by atomic mass is 10.2. The molecule has 0 spiro atoms. The molecule has 92 valence electrons. The van der Waals surface area contributed by atoms with Gasteiger partial charge in [-0.25, -0.2) is 0 Å². The number of phenolic OH excluding ortho intramolecular Hbond substituents is 1. The first-order valence-electron chi connectivity index (χ1n) is 5.51. The van der Waals surface area contributed by atoms with Gasteiger partial charge in [-0.15, -0.1) is 0 Å². The van der Waals surface area contributed by atoms with Crippen molar-refractivity contribution in [3.63, 3.8) is 0 Å². The van der Waals surface area contributed by atoms with Crippen LogP contribution in [0.5, 0.6) is 11.5 Å². The molecular formula is C14H14N2O2. The van der Waals surface area contributed by atoms with Crippen LogP contribution in [0.1, 0.15) is 5.56 Å². The number of para-hydroxylation sites is 1. The van der Waals surface area contributed by atoms with E-state index < -0.39 is 0 Å². The first kappa shape index (κ1) is 12.0. The molecule has 2 aromatic carbocycles. The summed E-state index contributed by atoms with van der Waals surface area (Å²) >= 11 is 0. The van der Waals surface area contributed by atoms with Gasteiger partial charge in [-0.2, -0.15) is 5.10 Å². The molecule has 0 atom stereocenters. The molecule has 4 heteroatoms. The molecule has 18 heavy (non-hydrogen) atoms. The van der Waals surface area contributed by atoms with E-state index in [0.717, 1.165) is 11.3 Å². The van der Waals surface area contributed by atoms with Crippen LogP contribution in [0.3, 0.4) is 0 Å². The van der Waals surface area contributed by atoms with Crippen LogP contribution in [-0.4, -0.2) is 18.4 Å². The predicted octanol–water partition coefficient (Wildman–Crippen LogP) is 2.85. The van der Waals surface area contributed by atoms with Crippen LogP contribution in [-0.2, 0) is 0 Å². The van der Waals surface area contributed by atoms with Crippen molar-refractivity contribution in [2.45, 2.75) is 0 Å². The number of anilines is 1. The lowest BCUT2D eigenvalue weighted by molar-refractivity contribution is 0.373. The molecule has 0 aromatic heterocycles. The Morgan fingerprint density at radius 1 is 1.17 bits per heavy atom. The molecule has 4 nitrogen and oxygen atoms in total. The van der Waals surface area contributed by atoms with Gasteiger partial charge < -0.3 is 9.84 Å². The number of benzene rings is 2. The van der Waals surface area contributed by atoms with Crippen molar-refractivity contribution >= 4 is 11.9 Å². The van der Waals surface area contributed by atoms with Crippen LogP contribution in [0.15, 0.2) is 53.6 Å². The molecule has 0 radical (unpaired) electrons. The number of hydrogen-bond donors (Lipinski definition) is 2. The van der Waals surface area contributed by atoms with Gasteiger partial charge >= 0.3 is 0 Å². The van der Waals surface area contributed by atoms with E-state index in [-0.39, 0.29) is 5.75 Å². The summed E-state index contributed by atoms with van der Waals surface area (Å²) in [6.45, 7) is 0. The Balaban J connectivity index is 2.05. The van der Waals surface area contributed by atoms with Crippen molar-refractivity contribution < 1.29 is 9.84 Å². The van der Waals surface area contributed by atoms with E-state index >= 15 is 0 Å². The smallest absolute Gasteiger partial charge is 0.161 e. The monoisotopic (exact) mass is 242 g/mol. The minimum Gasteiger partial charge on any atom is -0.504 e. The van der Waals surface area contributed by atoms with Gasteiger partial charge in [0.2, 0.25) is 0 Å². The zero-order valence-electron chi connectivity index (χ0n) is 10.00. The van der Waals surface area contributed by atoms with Gasteiger partial charge in [0.05, 0.1) is 19.0 Å². The summed E-state index contributed by atoms with van der Waals surface area (Å²) in [6.07, 6.45) is 1.66. The lowest BCUT2D eigenvalue weighted by Gasteiger charge is -2.03. The van der Waals surface area contributed by atoms with Gasteiger partial charge in [0, 0.05) is 0 Å². The van der Waals surface area contributed by atoms with Crippen molar-refractivity contribution in [2.24, 2.45) is 5.10 Å². The maximum Gasteiger partial charge on any atom is 0.161 e. The maximum absolute atomic E-state index is 9.45. The third-order valence-electron chi connectivity index (χ3n) is 2.38. The normalized spacial score (nSPS) is 10.5. The molecule has 0 aliphatic heterocycles. The molecule has 0 bridgehead atoms. The van der Waals surface area contributed by atoms with Crippen molar-refractivity contribution in [2.75, 3.05) is 12.5 Å². The molecule has 2 rings (SSSR count). The van der Waals surface area contributed by atoms with Crippen LogP contribution in [0.2, 0.25) is 0 Å². The van der Waals surface area contributed by atoms with Gasteiger partial charge in [-0.1, -0.05) is 18.2 Å². The topological polar surface area (TPSA) is 53.8 Å². The van der Waals surface area contributed by atoms with Gasteiger partial charge in [0.1, 0.15) is 0 Å². The van der Waals surface area contributed by atoms with Crippen LogP contribution >= 0.6 is 0 Å². The lowest BCUT2D eigenvalue weighted by Crippen LogP contribution is -1.91. The number of rotatable bonds is 4. The van der Waals surface area contributed by atoms with E-state index in [1.165, 1.54) is 7.11 Å². The number of hydrogen-bond acceptors (Lipinski definition) is 4. The highest BCUT2D eigenvalue weighted by Gasteiger charge is 2.00. The van der Waals surface area contributed by atoms with Crippen LogP contribution in [0, 0.1) is 0 Å². The van der Waals surface area contributed by atoms with Crippen molar-refractivity contribution in [1.29, 1.82) is 0 Å². The third-order valence-corrected chi connectivity index (χ3v) is 2.38. The average Bonchev–Trinajstić information content (AvgIpc) is 2.42. The van der Waals surface area contributed by atoms with E-state index in [4.69, 9.17) is 4.74 Å². The van der Waals surface area contributed by atoms with Crippen LogP contribution in [0.25, 0.3) is 0 Å². The van der Waals surface area contributed by atoms with Gasteiger partial charge in [0.25, 0.3) is 0 Å². The van der Waals surface area contributed by atoms with E-state index in [0.29, 0.717) is 5.75 Å². The Labute approximate surface area is 106 Å². The van der Waals surface area contributed by atoms with E-state index in [9.17, 15) is 5.11 Å². The van der Waals surface area contributed by atoms with E-state index in [1.54, 1.807) is 24.4 Å². The summed E-state index contributed by atoms with van der Waals surface area (Å²) in [6, 6.07) is 14.7. The molecule has 0 heterocycles. The van der Waals surface area contributed by atoms with E-state index in [1.807, 2.05) is 30.3 Å². The summed E-state index contributed by atoms with van der Waals surface area (Å²) in [5.41, 5.74) is 4.67. The molecule has 0 aliphatic carbocycles. The fourth-order valence-corrected chi connectivity index (χ4v) is 1.47. The minimum absolute atomic E-state index is 0.116. The Bertz CT molecular complexity index is 539. The Kier molecular flexibility index (Phi) is 3.81. The highest BCUT2D eigenvalue weighted by atomic mass is 16.5. The van der Waals surface area contributed by atoms with Crippen molar-refractivity contribution in [3.8, 4) is 11.5 Å². The van der Waals surface area contributed by atoms with Gasteiger partial charge in [-0.3, -0.25) is 5.43 Å². The molecular weight excluding hydrogens is 228 g/mol. The molecule has 2 aromatic rings. The molecule has 0 saturated heterocycles. The zero-order valence-corrected chi connectivity index (χ0v) is 10.00. The summed E-state index contributed by atoms with van der Waals surface area (Å²) in [4.78, 5) is 0. The molecule has 0 unspecified atom stereocenters. The zero-order chi connectivity index (χ0) is 12.8. The summed E-state index contributed by atoms with van der Waals surface area (Å²) in [7, 11) is 1.51. The SMILES string of the molecule is COc1cc(/C=N/Nc2ccccc2)ccc1O. The van der Waals surface area contributed by atoms with Crippen LogP contribution < -0.4 is 10.2 Å². The molecule has 0 saturated carbocycles. The Morgan fingerprint density at radius 2 is 1.94 bits per heavy atom. The number of ether oxygens (including phenoxy) is 1. The maximum atomic E-state index is 9.45. The molecule has 0 fully saturated rings. The number of nitrogens with zero attached hydrogens (tertiary/aromatic N) is 1. The highest BCUT2D eigenvalue weighted by molar-refractivity contribution is 5.81. The first-order chi connectivity index (χ1) is 8.79. The largest absolute Gasteiger partial charge is 0.504 e. The number of methoxy groups -OCH3 is 1. The second-order valence-electron chi connectivity index (χ2n) is 3.67. The molecule has 0 amide bonds. The van der Waals surface area contributed by atoms with E-state index in [2.05, 4.69) is 10.5 Å². The second-order valence-corrected chi connectivity index (χ2v) is 3.67. The van der Waals surface area contributed by atoms with Gasteiger partial charge in [-0.05, 0) is 35.9 Å². The fraction of sp³-hybridized carbons (Fsp3) is 0.0714. The van der Waals surface area contributed by atoms with Crippen LogP contribution in [0.4, 0.5) is 5.69 Å². The fourth-order valence-electron chi connectivity index (χ4n) is 1.47. The number of hydrazone groups is 1. The quantitative estimate of drug-likeness (QED) is 0.640. The average molecular weight is 242 g/mol. The number of nitrogens with one attached hydrogen (secondary N) is 1. The number of aromatic hydroxyl groups is 1. The van der Waals surface area contributed by atoms with Crippen molar-refractivity contribution in [3.05, 3.63) is 54.1 Å². The van der Waals surface area contributed by atoms with Crippen molar-refractivity contribution in [1.82, 2.24) is 0 Å². The summed E-state index contributed by atoms with van der Waals surface area (Å²) < 4.78 is 5.02. The van der Waals surface area contributed by atoms with Gasteiger partial charge in [0.15, 0.2) is 11.5 Å². The Hall–Kier alpha value is -2.49. The highest BCUT2D eigenvalue weighted by Crippen LogP contribution is 2.25.